The molecular weight excluding hydrogens is 343 g/mol. The number of nitrogens with zero attached hydrogens (tertiary/aromatic N) is 3. The molecule has 2 fully saturated rings. The minimum absolute atomic E-state index is 0.00669. The molecule has 0 spiro atoms. The fraction of sp³-hybridized carbons (Fsp3) is 0.529. The Hall–Kier alpha value is -1.93. The molecule has 0 radical (unpaired) electrons. The van der Waals surface area contributed by atoms with E-state index < -0.39 is 6.17 Å². The summed E-state index contributed by atoms with van der Waals surface area (Å²) in [6.45, 7) is 4.25. The van der Waals surface area contributed by atoms with Gasteiger partial charge >= 0.3 is 6.03 Å². The van der Waals surface area contributed by atoms with Gasteiger partial charge in [-0.1, -0.05) is 11.3 Å². The number of hydrogen-bond acceptors (Lipinski definition) is 5. The third kappa shape index (κ3) is 2.38. The molecule has 2 amide bonds. The van der Waals surface area contributed by atoms with Crippen LogP contribution in [0.5, 0.6) is 5.75 Å². The lowest BCUT2D eigenvalue weighted by molar-refractivity contribution is 0.0598. The van der Waals surface area contributed by atoms with Crippen LogP contribution in [0.4, 0.5) is 14.3 Å². The van der Waals surface area contributed by atoms with E-state index in [1.807, 2.05) is 19.1 Å². The molecule has 0 bridgehead atoms. The van der Waals surface area contributed by atoms with Crippen LogP contribution in [-0.4, -0.2) is 60.4 Å². The first-order chi connectivity index (χ1) is 12.1. The van der Waals surface area contributed by atoms with Crippen LogP contribution < -0.4 is 15.0 Å². The lowest BCUT2D eigenvalue weighted by atomic mass is 10.1. The van der Waals surface area contributed by atoms with E-state index in [0.29, 0.717) is 31.4 Å². The number of thiazole rings is 1. The van der Waals surface area contributed by atoms with Crippen molar-refractivity contribution in [1.29, 1.82) is 0 Å². The van der Waals surface area contributed by atoms with E-state index in [-0.39, 0.29) is 18.1 Å². The summed E-state index contributed by atoms with van der Waals surface area (Å²) in [6.07, 6.45) is 0.118. The number of fused-ring (bicyclic) bond motifs is 3. The van der Waals surface area contributed by atoms with Crippen LogP contribution in [0.1, 0.15) is 12.5 Å². The quantitative estimate of drug-likeness (QED) is 0.909. The summed E-state index contributed by atoms with van der Waals surface area (Å²) in [6, 6.07) is 3.84. The highest BCUT2D eigenvalue weighted by Gasteiger charge is 2.42. The van der Waals surface area contributed by atoms with Crippen LogP contribution in [-0.2, 0) is 6.42 Å². The summed E-state index contributed by atoms with van der Waals surface area (Å²) in [5, 5.41) is 3.69. The summed E-state index contributed by atoms with van der Waals surface area (Å²) in [5.74, 6) is 0.898. The van der Waals surface area contributed by atoms with Crippen LogP contribution in [0.15, 0.2) is 12.1 Å². The second-order valence-corrected chi connectivity index (χ2v) is 7.98. The Labute approximate surface area is 148 Å². The van der Waals surface area contributed by atoms with Crippen LogP contribution in [0, 0.1) is 0 Å². The van der Waals surface area contributed by atoms with Crippen molar-refractivity contribution < 1.29 is 13.9 Å². The van der Waals surface area contributed by atoms with Gasteiger partial charge in [0.15, 0.2) is 5.13 Å². The zero-order valence-electron chi connectivity index (χ0n) is 13.9. The van der Waals surface area contributed by atoms with Crippen molar-refractivity contribution in [3.05, 3.63) is 17.7 Å². The first kappa shape index (κ1) is 15.3. The van der Waals surface area contributed by atoms with Crippen LogP contribution in [0.25, 0.3) is 10.2 Å². The number of amides is 2. The van der Waals surface area contributed by atoms with Gasteiger partial charge in [0.1, 0.15) is 11.9 Å². The van der Waals surface area contributed by atoms with E-state index >= 15 is 0 Å². The standard InChI is InChI=1S/C17H19FN4O2S/c1-9-12(8-21-6-10(18)7-21)22(16(23)19-9)17-20-15-11-4-5-24-13(11)2-3-14(15)25-17/h2-3,9-10,12H,4-8H2,1H3,(H,19,23)/t9-,12+/m0/s1. The molecular formula is C17H19FN4O2S. The molecule has 1 aromatic carbocycles. The minimum Gasteiger partial charge on any atom is -0.493 e. The number of rotatable bonds is 3. The number of likely N-dealkylation sites (tertiary alicyclic amines) is 1. The van der Waals surface area contributed by atoms with Gasteiger partial charge in [0.2, 0.25) is 0 Å². The molecule has 6 nitrogen and oxygen atoms in total. The summed E-state index contributed by atoms with van der Waals surface area (Å²) < 4.78 is 19.8. The monoisotopic (exact) mass is 362 g/mol. The second-order valence-electron chi connectivity index (χ2n) is 6.98. The van der Waals surface area contributed by atoms with Crippen molar-refractivity contribution in [2.45, 2.75) is 31.6 Å². The van der Waals surface area contributed by atoms with Gasteiger partial charge in [0, 0.05) is 31.6 Å². The molecule has 5 rings (SSSR count). The number of halogens is 1. The molecule has 4 heterocycles. The topological polar surface area (TPSA) is 57.7 Å². The average molecular weight is 362 g/mol. The van der Waals surface area contributed by atoms with Gasteiger partial charge in [-0.05, 0) is 19.1 Å². The van der Waals surface area contributed by atoms with Gasteiger partial charge in [0.05, 0.1) is 28.9 Å². The predicted octanol–water partition coefficient (Wildman–Crippen LogP) is 2.17. The minimum atomic E-state index is -0.737. The number of carbonyl (C=O) groups excluding carboxylic acids is 1. The molecule has 25 heavy (non-hydrogen) atoms. The van der Waals surface area contributed by atoms with E-state index in [0.717, 1.165) is 28.0 Å². The third-order valence-corrected chi connectivity index (χ3v) is 6.28. The number of ether oxygens (including phenoxy) is 1. The Morgan fingerprint density at radius 1 is 1.44 bits per heavy atom. The van der Waals surface area contributed by atoms with E-state index in [1.165, 1.54) is 11.3 Å². The Kier molecular flexibility index (Phi) is 3.40. The fourth-order valence-electron chi connectivity index (χ4n) is 3.88. The molecule has 0 unspecified atom stereocenters. The Balaban J connectivity index is 1.49. The normalized spacial score (nSPS) is 26.6. The molecule has 0 aliphatic carbocycles. The first-order valence-corrected chi connectivity index (χ1v) is 9.43. The highest BCUT2D eigenvalue weighted by Crippen LogP contribution is 2.39. The van der Waals surface area contributed by atoms with Crippen LogP contribution >= 0.6 is 11.3 Å². The third-order valence-electron chi connectivity index (χ3n) is 5.26. The van der Waals surface area contributed by atoms with Gasteiger partial charge < -0.3 is 10.1 Å². The second kappa shape index (κ2) is 5.54. The zero-order valence-corrected chi connectivity index (χ0v) is 14.7. The van der Waals surface area contributed by atoms with E-state index in [9.17, 15) is 9.18 Å². The van der Waals surface area contributed by atoms with Crippen molar-refractivity contribution in [3.8, 4) is 5.75 Å². The molecule has 2 saturated heterocycles. The number of carbonyl (C=O) groups is 1. The molecule has 3 aliphatic heterocycles. The number of anilines is 1. The van der Waals surface area contributed by atoms with Crippen molar-refractivity contribution in [2.75, 3.05) is 31.1 Å². The number of alkyl halides is 1. The van der Waals surface area contributed by atoms with Gasteiger partial charge in [-0.2, -0.15) is 0 Å². The maximum atomic E-state index is 13.1. The Bertz CT molecular complexity index is 851. The zero-order chi connectivity index (χ0) is 17.1. The molecule has 8 heteroatoms. The van der Waals surface area contributed by atoms with Crippen molar-refractivity contribution in [3.63, 3.8) is 0 Å². The summed E-state index contributed by atoms with van der Waals surface area (Å²) >= 11 is 1.53. The molecule has 3 aliphatic rings. The van der Waals surface area contributed by atoms with Crippen molar-refractivity contribution >= 4 is 32.7 Å². The highest BCUT2D eigenvalue weighted by molar-refractivity contribution is 7.22. The number of hydrogen-bond donors (Lipinski definition) is 1. The summed E-state index contributed by atoms with van der Waals surface area (Å²) in [4.78, 5) is 21.1. The fourth-order valence-corrected chi connectivity index (χ4v) is 4.94. The van der Waals surface area contributed by atoms with Crippen LogP contribution in [0.3, 0.4) is 0 Å². The molecule has 0 saturated carbocycles. The number of urea groups is 1. The summed E-state index contributed by atoms with van der Waals surface area (Å²) in [5.41, 5.74) is 2.07. The molecule has 1 aromatic heterocycles. The predicted molar refractivity (Wildman–Crippen MR) is 94.4 cm³/mol. The number of nitrogens with one attached hydrogen (secondary N) is 1. The average Bonchev–Trinajstić information content (AvgIpc) is 3.22. The lowest BCUT2D eigenvalue weighted by Gasteiger charge is -2.38. The van der Waals surface area contributed by atoms with Crippen molar-refractivity contribution in [2.24, 2.45) is 0 Å². The molecule has 1 N–H and O–H groups in total. The SMILES string of the molecule is C[C@@H]1NC(=O)N(c2nc3c4c(ccc3s2)OCC4)[C@@H]1CN1CC(F)C1. The van der Waals surface area contributed by atoms with E-state index in [1.54, 1.807) is 4.90 Å². The van der Waals surface area contributed by atoms with Crippen LogP contribution in [0.2, 0.25) is 0 Å². The molecule has 2 atom stereocenters. The van der Waals surface area contributed by atoms with Gasteiger partial charge in [-0.15, -0.1) is 0 Å². The highest BCUT2D eigenvalue weighted by atomic mass is 32.1. The summed E-state index contributed by atoms with van der Waals surface area (Å²) in [7, 11) is 0. The largest absolute Gasteiger partial charge is 0.493 e. The maximum Gasteiger partial charge on any atom is 0.324 e. The number of aromatic nitrogens is 1. The molecule has 2 aromatic rings. The number of benzene rings is 1. The van der Waals surface area contributed by atoms with E-state index in [4.69, 9.17) is 9.72 Å². The maximum absolute atomic E-state index is 13.1. The van der Waals surface area contributed by atoms with E-state index in [2.05, 4.69) is 10.2 Å². The lowest BCUT2D eigenvalue weighted by Crippen LogP contribution is -2.55. The Morgan fingerprint density at radius 2 is 2.28 bits per heavy atom. The van der Waals surface area contributed by atoms with Gasteiger partial charge in [0.25, 0.3) is 0 Å². The first-order valence-electron chi connectivity index (χ1n) is 8.61. The van der Waals surface area contributed by atoms with Gasteiger partial charge in [-0.3, -0.25) is 9.80 Å². The van der Waals surface area contributed by atoms with Gasteiger partial charge in [-0.25, -0.2) is 14.2 Å². The molecule has 132 valence electrons. The van der Waals surface area contributed by atoms with Crippen molar-refractivity contribution in [1.82, 2.24) is 15.2 Å². The Morgan fingerprint density at radius 3 is 3.08 bits per heavy atom. The smallest absolute Gasteiger partial charge is 0.324 e.